The first-order chi connectivity index (χ1) is 14.9. The Balaban J connectivity index is 1.56. The summed E-state index contributed by atoms with van der Waals surface area (Å²) in [5.41, 5.74) is 3.36. The average Bonchev–Trinajstić information content (AvgIpc) is 3.21. The Hall–Kier alpha value is -4.00. The van der Waals surface area contributed by atoms with Gasteiger partial charge in [-0.25, -0.2) is 4.39 Å². The summed E-state index contributed by atoms with van der Waals surface area (Å²) in [6.07, 6.45) is -0.797. The first kappa shape index (κ1) is 20.3. The minimum absolute atomic E-state index is 0.217. The molecule has 0 aromatic heterocycles. The monoisotopic (exact) mass is 417 g/mol. The standard InChI is InChI=1S/C24H20FN3O3/c1-15-6-8-17(9-7-15)22(30)26-21-5-3-4-19(14-21)24-28(16(2)29)27-23(31-24)18-10-12-20(25)13-11-18/h3-14,24H,1-2H3,(H,26,30)/t24-/m0/s1. The summed E-state index contributed by atoms with van der Waals surface area (Å²) >= 11 is 0. The number of nitrogens with zero attached hydrogens (tertiary/aromatic N) is 2. The molecule has 156 valence electrons. The normalized spacial score (nSPS) is 15.3. The number of hydrogen-bond acceptors (Lipinski definition) is 4. The molecule has 2 amide bonds. The highest BCUT2D eigenvalue weighted by Gasteiger charge is 2.33. The number of halogens is 1. The fraction of sp³-hybridized carbons (Fsp3) is 0.125. The van der Waals surface area contributed by atoms with E-state index in [1.165, 1.54) is 36.2 Å². The van der Waals surface area contributed by atoms with Gasteiger partial charge in [-0.15, -0.1) is 5.10 Å². The smallest absolute Gasteiger partial charge is 0.255 e. The summed E-state index contributed by atoms with van der Waals surface area (Å²) in [6.45, 7) is 3.34. The molecule has 6 nitrogen and oxygen atoms in total. The van der Waals surface area contributed by atoms with Gasteiger partial charge in [0.1, 0.15) is 5.82 Å². The van der Waals surface area contributed by atoms with E-state index in [4.69, 9.17) is 4.74 Å². The Morgan fingerprint density at radius 3 is 2.42 bits per heavy atom. The molecular weight excluding hydrogens is 397 g/mol. The molecule has 0 spiro atoms. The van der Waals surface area contributed by atoms with E-state index in [0.717, 1.165) is 5.56 Å². The molecule has 31 heavy (non-hydrogen) atoms. The minimum Gasteiger partial charge on any atom is -0.446 e. The first-order valence-corrected chi connectivity index (χ1v) is 9.70. The summed E-state index contributed by atoms with van der Waals surface area (Å²) in [7, 11) is 0. The molecular formula is C24H20FN3O3. The van der Waals surface area contributed by atoms with Crippen LogP contribution in [0.1, 0.15) is 40.2 Å². The van der Waals surface area contributed by atoms with Crippen molar-refractivity contribution in [2.24, 2.45) is 5.10 Å². The molecule has 0 saturated carbocycles. The van der Waals surface area contributed by atoms with E-state index in [2.05, 4.69) is 10.4 Å². The number of hydrazone groups is 1. The number of nitrogens with one attached hydrogen (secondary N) is 1. The van der Waals surface area contributed by atoms with Crippen LogP contribution in [-0.4, -0.2) is 22.7 Å². The Labute approximate surface area is 179 Å². The molecule has 3 aromatic rings. The number of anilines is 1. The van der Waals surface area contributed by atoms with Crippen LogP contribution in [0.25, 0.3) is 0 Å². The fourth-order valence-electron chi connectivity index (χ4n) is 3.17. The van der Waals surface area contributed by atoms with E-state index in [0.29, 0.717) is 22.4 Å². The summed E-state index contributed by atoms with van der Waals surface area (Å²) in [4.78, 5) is 24.7. The topological polar surface area (TPSA) is 71.0 Å². The Bertz CT molecular complexity index is 1160. The van der Waals surface area contributed by atoms with Crippen LogP contribution in [0.3, 0.4) is 0 Å². The predicted molar refractivity (Wildman–Crippen MR) is 115 cm³/mol. The molecule has 1 atom stereocenters. The molecule has 0 unspecified atom stereocenters. The van der Waals surface area contributed by atoms with Gasteiger partial charge in [0.25, 0.3) is 5.91 Å². The van der Waals surface area contributed by atoms with Crippen LogP contribution >= 0.6 is 0 Å². The molecule has 0 saturated heterocycles. The zero-order valence-electron chi connectivity index (χ0n) is 17.0. The number of ether oxygens (including phenoxy) is 1. The average molecular weight is 417 g/mol. The van der Waals surface area contributed by atoms with Gasteiger partial charge < -0.3 is 10.1 Å². The third-order valence-corrected chi connectivity index (χ3v) is 4.80. The maximum Gasteiger partial charge on any atom is 0.255 e. The van der Waals surface area contributed by atoms with Crippen LogP contribution < -0.4 is 5.32 Å². The zero-order chi connectivity index (χ0) is 22.0. The van der Waals surface area contributed by atoms with Gasteiger partial charge in [-0.1, -0.05) is 29.8 Å². The van der Waals surface area contributed by atoms with Crippen molar-refractivity contribution < 1.29 is 18.7 Å². The number of carbonyl (C=O) groups excluding carboxylic acids is 2. The maximum atomic E-state index is 13.2. The molecule has 1 aliphatic rings. The Morgan fingerprint density at radius 1 is 1.03 bits per heavy atom. The molecule has 3 aromatic carbocycles. The predicted octanol–water partition coefficient (Wildman–Crippen LogP) is 4.63. The highest BCUT2D eigenvalue weighted by molar-refractivity contribution is 6.04. The van der Waals surface area contributed by atoms with Gasteiger partial charge in [-0.2, -0.15) is 5.01 Å². The van der Waals surface area contributed by atoms with Crippen LogP contribution in [0.15, 0.2) is 77.9 Å². The van der Waals surface area contributed by atoms with Crippen molar-refractivity contribution in [2.75, 3.05) is 5.32 Å². The van der Waals surface area contributed by atoms with Crippen molar-refractivity contribution in [3.05, 3.63) is 101 Å². The van der Waals surface area contributed by atoms with Crippen LogP contribution in [0.2, 0.25) is 0 Å². The van der Waals surface area contributed by atoms with Gasteiger partial charge in [-0.3, -0.25) is 9.59 Å². The summed E-state index contributed by atoms with van der Waals surface area (Å²) in [5, 5.41) is 8.34. The van der Waals surface area contributed by atoms with Gasteiger partial charge in [-0.05, 0) is 55.5 Å². The fourth-order valence-corrected chi connectivity index (χ4v) is 3.17. The SMILES string of the molecule is CC(=O)N1N=C(c2ccc(F)cc2)O[C@H]1c1cccc(NC(=O)c2ccc(C)cc2)c1. The van der Waals surface area contributed by atoms with Crippen molar-refractivity contribution in [3.8, 4) is 0 Å². The van der Waals surface area contributed by atoms with Crippen molar-refractivity contribution in [1.29, 1.82) is 0 Å². The van der Waals surface area contributed by atoms with E-state index in [1.807, 2.05) is 19.1 Å². The van der Waals surface area contributed by atoms with E-state index >= 15 is 0 Å². The second-order valence-corrected chi connectivity index (χ2v) is 7.19. The second-order valence-electron chi connectivity index (χ2n) is 7.19. The molecule has 1 N–H and O–H groups in total. The van der Waals surface area contributed by atoms with E-state index in [9.17, 15) is 14.0 Å². The molecule has 1 aliphatic heterocycles. The van der Waals surface area contributed by atoms with Crippen LogP contribution in [0, 0.1) is 12.7 Å². The number of hydrogen-bond donors (Lipinski definition) is 1. The summed E-state index contributed by atoms with van der Waals surface area (Å²) in [5.74, 6) is -0.707. The lowest BCUT2D eigenvalue weighted by atomic mass is 10.1. The molecule has 4 rings (SSSR count). The zero-order valence-corrected chi connectivity index (χ0v) is 17.0. The van der Waals surface area contributed by atoms with Gasteiger partial charge in [0.05, 0.1) is 0 Å². The van der Waals surface area contributed by atoms with Crippen molar-refractivity contribution >= 4 is 23.4 Å². The molecule has 7 heteroatoms. The number of aryl methyl sites for hydroxylation is 1. The Kier molecular flexibility index (Phi) is 5.49. The largest absolute Gasteiger partial charge is 0.446 e. The highest BCUT2D eigenvalue weighted by Crippen LogP contribution is 2.31. The third kappa shape index (κ3) is 4.45. The molecule has 1 heterocycles. The number of amides is 2. The van der Waals surface area contributed by atoms with Crippen LogP contribution in [-0.2, 0) is 9.53 Å². The summed E-state index contributed by atoms with van der Waals surface area (Å²) in [6, 6.07) is 20.0. The molecule has 0 aliphatic carbocycles. The van der Waals surface area contributed by atoms with Gasteiger partial charge >= 0.3 is 0 Å². The quantitative estimate of drug-likeness (QED) is 0.673. The van der Waals surface area contributed by atoms with Gasteiger partial charge in [0.15, 0.2) is 0 Å². The van der Waals surface area contributed by atoms with Gasteiger partial charge in [0, 0.05) is 29.3 Å². The van der Waals surface area contributed by atoms with Crippen LogP contribution in [0.5, 0.6) is 0 Å². The van der Waals surface area contributed by atoms with Gasteiger partial charge in [0.2, 0.25) is 18.0 Å². The molecule has 0 radical (unpaired) electrons. The Morgan fingerprint density at radius 2 is 1.74 bits per heavy atom. The second kappa shape index (κ2) is 8.39. The number of rotatable bonds is 4. The van der Waals surface area contributed by atoms with Crippen molar-refractivity contribution in [3.63, 3.8) is 0 Å². The third-order valence-electron chi connectivity index (χ3n) is 4.80. The van der Waals surface area contributed by atoms with Crippen LogP contribution in [0.4, 0.5) is 10.1 Å². The maximum absolute atomic E-state index is 13.2. The lowest BCUT2D eigenvalue weighted by molar-refractivity contribution is -0.135. The number of benzene rings is 3. The van der Waals surface area contributed by atoms with E-state index in [-0.39, 0.29) is 23.5 Å². The number of carbonyl (C=O) groups is 2. The van der Waals surface area contributed by atoms with E-state index in [1.54, 1.807) is 36.4 Å². The summed E-state index contributed by atoms with van der Waals surface area (Å²) < 4.78 is 19.2. The molecule has 0 bridgehead atoms. The minimum atomic E-state index is -0.797. The van der Waals surface area contributed by atoms with E-state index < -0.39 is 6.23 Å². The lowest BCUT2D eigenvalue weighted by Crippen LogP contribution is -2.25. The van der Waals surface area contributed by atoms with Crippen molar-refractivity contribution in [2.45, 2.75) is 20.1 Å². The first-order valence-electron chi connectivity index (χ1n) is 9.70. The van der Waals surface area contributed by atoms with Crippen molar-refractivity contribution in [1.82, 2.24) is 5.01 Å². The lowest BCUT2D eigenvalue weighted by Gasteiger charge is -2.20. The highest BCUT2D eigenvalue weighted by atomic mass is 19.1. The molecule has 0 fully saturated rings.